The van der Waals surface area contributed by atoms with E-state index in [-0.39, 0.29) is 6.04 Å². The molecular formula is C15H14BrCl2NO. The van der Waals surface area contributed by atoms with Crippen LogP contribution in [0.25, 0.3) is 0 Å². The predicted octanol–water partition coefficient (Wildman–Crippen LogP) is 5.01. The maximum absolute atomic E-state index is 6.28. The average molecular weight is 375 g/mol. The maximum Gasteiger partial charge on any atom is 0.119 e. The Labute approximate surface area is 137 Å². The number of hydrogen-bond acceptors (Lipinski definition) is 2. The first kappa shape index (κ1) is 15.6. The van der Waals surface area contributed by atoms with Crippen molar-refractivity contribution >= 4 is 39.1 Å². The lowest BCUT2D eigenvalue weighted by Gasteiger charge is -2.15. The molecule has 0 heterocycles. The van der Waals surface area contributed by atoms with E-state index in [1.807, 2.05) is 30.3 Å². The number of rotatable bonds is 4. The van der Waals surface area contributed by atoms with Crippen molar-refractivity contribution in [3.8, 4) is 5.75 Å². The Morgan fingerprint density at radius 3 is 2.55 bits per heavy atom. The molecule has 2 N–H and O–H groups in total. The van der Waals surface area contributed by atoms with E-state index < -0.39 is 0 Å². The molecule has 0 amide bonds. The molecule has 0 bridgehead atoms. The van der Waals surface area contributed by atoms with Gasteiger partial charge < -0.3 is 10.5 Å². The van der Waals surface area contributed by atoms with Gasteiger partial charge in [0.05, 0.1) is 17.2 Å². The van der Waals surface area contributed by atoms with E-state index in [1.165, 1.54) is 0 Å². The molecule has 0 aromatic heterocycles. The zero-order valence-electron chi connectivity index (χ0n) is 10.9. The van der Waals surface area contributed by atoms with Crippen LogP contribution in [0.5, 0.6) is 5.75 Å². The standard InChI is InChI=1S/C15H14BrCl2NO/c1-20-10-3-4-12(16)11(8-10)15(19)7-9-2-5-13(17)14(18)6-9/h2-6,8,15H,7,19H2,1H3. The highest BCUT2D eigenvalue weighted by Gasteiger charge is 2.12. The van der Waals surface area contributed by atoms with Crippen LogP contribution in [-0.2, 0) is 6.42 Å². The minimum absolute atomic E-state index is 0.156. The van der Waals surface area contributed by atoms with Crippen molar-refractivity contribution < 1.29 is 4.74 Å². The maximum atomic E-state index is 6.28. The Kier molecular flexibility index (Phi) is 5.33. The summed E-state index contributed by atoms with van der Waals surface area (Å²) in [5.41, 5.74) is 8.32. The van der Waals surface area contributed by atoms with Crippen LogP contribution in [0.2, 0.25) is 10.0 Å². The van der Waals surface area contributed by atoms with Crippen molar-refractivity contribution in [3.05, 3.63) is 62.0 Å². The van der Waals surface area contributed by atoms with Gasteiger partial charge in [-0.05, 0) is 47.9 Å². The van der Waals surface area contributed by atoms with E-state index >= 15 is 0 Å². The SMILES string of the molecule is COc1ccc(Br)c(C(N)Cc2ccc(Cl)c(Cl)c2)c1. The summed E-state index contributed by atoms with van der Waals surface area (Å²) in [5, 5.41) is 1.09. The van der Waals surface area contributed by atoms with Crippen molar-refractivity contribution in [2.75, 3.05) is 7.11 Å². The van der Waals surface area contributed by atoms with Crippen LogP contribution in [0.15, 0.2) is 40.9 Å². The first-order valence-corrected chi connectivity index (χ1v) is 7.59. The summed E-state index contributed by atoms with van der Waals surface area (Å²) in [6.45, 7) is 0. The number of halogens is 3. The average Bonchev–Trinajstić information content (AvgIpc) is 2.43. The third-order valence-electron chi connectivity index (χ3n) is 3.04. The Morgan fingerprint density at radius 2 is 1.90 bits per heavy atom. The summed E-state index contributed by atoms with van der Waals surface area (Å²) < 4.78 is 6.19. The van der Waals surface area contributed by atoms with Gasteiger partial charge >= 0.3 is 0 Å². The summed E-state index contributed by atoms with van der Waals surface area (Å²) in [4.78, 5) is 0. The molecule has 2 aromatic rings. The minimum Gasteiger partial charge on any atom is -0.497 e. The monoisotopic (exact) mass is 373 g/mol. The van der Waals surface area contributed by atoms with Gasteiger partial charge in [-0.15, -0.1) is 0 Å². The minimum atomic E-state index is -0.156. The molecule has 0 radical (unpaired) electrons. The highest BCUT2D eigenvalue weighted by Crippen LogP contribution is 2.30. The van der Waals surface area contributed by atoms with Gasteiger partial charge in [-0.2, -0.15) is 0 Å². The van der Waals surface area contributed by atoms with Crippen molar-refractivity contribution in [1.29, 1.82) is 0 Å². The molecular weight excluding hydrogens is 361 g/mol. The molecule has 1 unspecified atom stereocenters. The third kappa shape index (κ3) is 3.67. The number of nitrogens with two attached hydrogens (primary N) is 1. The number of hydrogen-bond donors (Lipinski definition) is 1. The van der Waals surface area contributed by atoms with Gasteiger partial charge in [0.2, 0.25) is 0 Å². The lowest BCUT2D eigenvalue weighted by atomic mass is 9.99. The van der Waals surface area contributed by atoms with E-state index in [4.69, 9.17) is 33.7 Å². The Bertz CT molecular complexity index is 619. The van der Waals surface area contributed by atoms with Gasteiger partial charge in [0, 0.05) is 10.5 Å². The summed E-state index contributed by atoms with van der Waals surface area (Å²) >= 11 is 15.4. The summed E-state index contributed by atoms with van der Waals surface area (Å²) in [6.07, 6.45) is 0.669. The lowest BCUT2D eigenvalue weighted by Crippen LogP contribution is -2.14. The predicted molar refractivity (Wildman–Crippen MR) is 87.8 cm³/mol. The fourth-order valence-electron chi connectivity index (χ4n) is 1.96. The van der Waals surface area contributed by atoms with Crippen LogP contribution in [0.3, 0.4) is 0 Å². The molecule has 2 aromatic carbocycles. The zero-order chi connectivity index (χ0) is 14.7. The fraction of sp³-hybridized carbons (Fsp3) is 0.200. The Morgan fingerprint density at radius 1 is 1.15 bits per heavy atom. The number of methoxy groups -OCH3 is 1. The van der Waals surface area contributed by atoms with Gasteiger partial charge in [0.25, 0.3) is 0 Å². The van der Waals surface area contributed by atoms with Crippen molar-refractivity contribution in [1.82, 2.24) is 0 Å². The van der Waals surface area contributed by atoms with E-state index in [2.05, 4.69) is 15.9 Å². The molecule has 0 saturated heterocycles. The fourth-order valence-corrected chi connectivity index (χ4v) is 2.82. The molecule has 5 heteroatoms. The molecule has 0 spiro atoms. The Balaban J connectivity index is 2.23. The smallest absolute Gasteiger partial charge is 0.119 e. The van der Waals surface area contributed by atoms with Gasteiger partial charge in [0.1, 0.15) is 5.75 Å². The van der Waals surface area contributed by atoms with Gasteiger partial charge in [0.15, 0.2) is 0 Å². The highest BCUT2D eigenvalue weighted by atomic mass is 79.9. The van der Waals surface area contributed by atoms with E-state index in [1.54, 1.807) is 13.2 Å². The van der Waals surface area contributed by atoms with Gasteiger partial charge in [-0.3, -0.25) is 0 Å². The topological polar surface area (TPSA) is 35.2 Å². The van der Waals surface area contributed by atoms with Crippen LogP contribution >= 0.6 is 39.1 Å². The molecule has 0 fully saturated rings. The van der Waals surface area contributed by atoms with Gasteiger partial charge in [-0.25, -0.2) is 0 Å². The normalized spacial score (nSPS) is 12.2. The van der Waals surface area contributed by atoms with E-state index in [0.29, 0.717) is 16.5 Å². The van der Waals surface area contributed by atoms with Crippen LogP contribution in [-0.4, -0.2) is 7.11 Å². The molecule has 0 saturated carbocycles. The molecule has 106 valence electrons. The molecule has 0 aliphatic carbocycles. The van der Waals surface area contributed by atoms with Crippen LogP contribution in [0, 0.1) is 0 Å². The summed E-state index contributed by atoms with van der Waals surface area (Å²) in [6, 6.07) is 11.2. The molecule has 2 nitrogen and oxygen atoms in total. The second kappa shape index (κ2) is 6.81. The first-order chi connectivity index (χ1) is 9.51. The molecule has 20 heavy (non-hydrogen) atoms. The molecule has 2 rings (SSSR count). The largest absolute Gasteiger partial charge is 0.497 e. The lowest BCUT2D eigenvalue weighted by molar-refractivity contribution is 0.413. The van der Waals surface area contributed by atoms with Crippen LogP contribution in [0.1, 0.15) is 17.2 Å². The second-order valence-electron chi connectivity index (χ2n) is 4.45. The quantitative estimate of drug-likeness (QED) is 0.816. The second-order valence-corrected chi connectivity index (χ2v) is 6.12. The third-order valence-corrected chi connectivity index (χ3v) is 4.50. The van der Waals surface area contributed by atoms with E-state index in [0.717, 1.165) is 21.3 Å². The number of ether oxygens (including phenoxy) is 1. The van der Waals surface area contributed by atoms with E-state index in [9.17, 15) is 0 Å². The number of benzene rings is 2. The summed E-state index contributed by atoms with van der Waals surface area (Å²) in [5.74, 6) is 0.785. The van der Waals surface area contributed by atoms with Crippen molar-refractivity contribution in [2.45, 2.75) is 12.5 Å². The van der Waals surface area contributed by atoms with Gasteiger partial charge in [-0.1, -0.05) is 45.2 Å². The summed E-state index contributed by atoms with van der Waals surface area (Å²) in [7, 11) is 1.64. The highest BCUT2D eigenvalue weighted by molar-refractivity contribution is 9.10. The Hall–Kier alpha value is -0.740. The molecule has 0 aliphatic heterocycles. The van der Waals surface area contributed by atoms with Crippen LogP contribution in [0.4, 0.5) is 0 Å². The zero-order valence-corrected chi connectivity index (χ0v) is 14.0. The van der Waals surface area contributed by atoms with Crippen molar-refractivity contribution in [3.63, 3.8) is 0 Å². The molecule has 1 atom stereocenters. The first-order valence-electron chi connectivity index (χ1n) is 6.04. The van der Waals surface area contributed by atoms with Crippen molar-refractivity contribution in [2.24, 2.45) is 5.73 Å². The molecule has 0 aliphatic rings. The van der Waals surface area contributed by atoms with Crippen LogP contribution < -0.4 is 10.5 Å².